The summed E-state index contributed by atoms with van der Waals surface area (Å²) in [7, 11) is 1.62. The third kappa shape index (κ3) is 2.86. The van der Waals surface area contributed by atoms with E-state index < -0.39 is 17.2 Å². The molecule has 1 aromatic carbocycles. The van der Waals surface area contributed by atoms with Crippen molar-refractivity contribution in [3.05, 3.63) is 48.1 Å². The Balaban J connectivity index is 1.96. The minimum atomic E-state index is -0.894. The first kappa shape index (κ1) is 15.1. The lowest BCUT2D eigenvalue weighted by molar-refractivity contribution is -0.0209. The van der Waals surface area contributed by atoms with Crippen molar-refractivity contribution in [1.29, 1.82) is 0 Å². The van der Waals surface area contributed by atoms with Crippen molar-refractivity contribution in [2.45, 2.75) is 18.6 Å². The van der Waals surface area contributed by atoms with E-state index in [1.54, 1.807) is 18.1 Å². The van der Waals surface area contributed by atoms with Gasteiger partial charge in [0.2, 0.25) is 0 Å². The molecule has 0 aliphatic carbocycles. The first-order chi connectivity index (χ1) is 10.6. The van der Waals surface area contributed by atoms with E-state index in [0.29, 0.717) is 31.7 Å². The van der Waals surface area contributed by atoms with E-state index in [1.807, 2.05) is 0 Å². The van der Waals surface area contributed by atoms with Crippen LogP contribution in [0.15, 0.2) is 30.9 Å². The lowest BCUT2D eigenvalue weighted by Crippen LogP contribution is -2.32. The van der Waals surface area contributed by atoms with Crippen LogP contribution < -0.4 is 0 Å². The van der Waals surface area contributed by atoms with Crippen molar-refractivity contribution >= 4 is 0 Å². The third-order valence-electron chi connectivity index (χ3n) is 3.92. The van der Waals surface area contributed by atoms with Gasteiger partial charge in [-0.3, -0.25) is 0 Å². The van der Waals surface area contributed by atoms with Gasteiger partial charge in [0.15, 0.2) is 0 Å². The highest BCUT2D eigenvalue weighted by Crippen LogP contribution is 2.41. The maximum absolute atomic E-state index is 14.3. The van der Waals surface area contributed by atoms with Crippen LogP contribution in [-0.2, 0) is 21.6 Å². The Morgan fingerprint density at radius 2 is 2.32 bits per heavy atom. The van der Waals surface area contributed by atoms with Crippen LogP contribution in [-0.4, -0.2) is 35.1 Å². The lowest BCUT2D eigenvalue weighted by Gasteiger charge is -2.29. The van der Waals surface area contributed by atoms with E-state index in [1.165, 1.54) is 18.5 Å². The van der Waals surface area contributed by atoms with Gasteiger partial charge in [-0.1, -0.05) is 6.07 Å². The molecule has 2 heterocycles. The molecule has 3 rings (SSSR count). The minimum absolute atomic E-state index is 0.151. The summed E-state index contributed by atoms with van der Waals surface area (Å²) >= 11 is 0. The zero-order chi connectivity index (χ0) is 15.6. The van der Waals surface area contributed by atoms with Crippen LogP contribution in [0.1, 0.15) is 12.0 Å². The van der Waals surface area contributed by atoms with Crippen LogP contribution in [0, 0.1) is 17.6 Å². The fourth-order valence-corrected chi connectivity index (χ4v) is 3.02. The first-order valence-electron chi connectivity index (χ1n) is 7.04. The smallest absolute Gasteiger partial charge is 0.137 e. The van der Waals surface area contributed by atoms with E-state index in [2.05, 4.69) is 10.1 Å². The largest absolute Gasteiger partial charge is 0.384 e. The molecule has 118 valence electrons. The van der Waals surface area contributed by atoms with Gasteiger partial charge in [-0.2, -0.15) is 5.10 Å². The number of ether oxygens (including phenoxy) is 2. The molecule has 0 saturated carbocycles. The highest BCUT2D eigenvalue weighted by Gasteiger charge is 2.44. The SMILES string of the molecule is COC[C@@H]1CO[C@@](Cn2cncn2)(c2ccc(F)cc2F)C1. The Morgan fingerprint density at radius 1 is 1.45 bits per heavy atom. The first-order valence-corrected chi connectivity index (χ1v) is 7.04. The van der Waals surface area contributed by atoms with Crippen LogP contribution in [0.25, 0.3) is 0 Å². The van der Waals surface area contributed by atoms with Crippen LogP contribution in [0.3, 0.4) is 0 Å². The Hall–Kier alpha value is -1.86. The topological polar surface area (TPSA) is 49.2 Å². The molecule has 0 amide bonds. The van der Waals surface area contributed by atoms with Crippen molar-refractivity contribution in [2.75, 3.05) is 20.3 Å². The number of hydrogen-bond acceptors (Lipinski definition) is 4. The maximum atomic E-state index is 14.3. The number of methoxy groups -OCH3 is 1. The molecule has 22 heavy (non-hydrogen) atoms. The second kappa shape index (κ2) is 6.10. The van der Waals surface area contributed by atoms with Gasteiger partial charge in [-0.25, -0.2) is 18.4 Å². The molecule has 2 atom stereocenters. The normalized spacial score (nSPS) is 24.8. The van der Waals surface area contributed by atoms with Gasteiger partial charge in [0.05, 0.1) is 19.8 Å². The van der Waals surface area contributed by atoms with Gasteiger partial charge < -0.3 is 9.47 Å². The lowest BCUT2D eigenvalue weighted by atomic mass is 9.87. The van der Waals surface area contributed by atoms with Gasteiger partial charge in [0.25, 0.3) is 0 Å². The zero-order valence-electron chi connectivity index (χ0n) is 12.2. The summed E-state index contributed by atoms with van der Waals surface area (Å²) in [5.41, 5.74) is -0.558. The molecular weight excluding hydrogens is 292 g/mol. The van der Waals surface area contributed by atoms with Crippen LogP contribution in [0.4, 0.5) is 8.78 Å². The average Bonchev–Trinajstić information content (AvgIpc) is 3.10. The van der Waals surface area contributed by atoms with Crippen LogP contribution in [0.2, 0.25) is 0 Å². The summed E-state index contributed by atoms with van der Waals surface area (Å²) in [6.07, 6.45) is 3.54. The van der Waals surface area contributed by atoms with Gasteiger partial charge in [0, 0.05) is 24.7 Å². The summed E-state index contributed by atoms with van der Waals surface area (Å²) in [5, 5.41) is 4.07. The monoisotopic (exact) mass is 309 g/mol. The molecule has 1 saturated heterocycles. The van der Waals surface area contributed by atoms with Crippen LogP contribution >= 0.6 is 0 Å². The molecule has 0 N–H and O–H groups in total. The van der Waals surface area contributed by atoms with E-state index >= 15 is 0 Å². The van der Waals surface area contributed by atoms with E-state index in [0.717, 1.165) is 6.07 Å². The van der Waals surface area contributed by atoms with E-state index in [4.69, 9.17) is 9.47 Å². The molecular formula is C15H17F2N3O2. The molecule has 0 spiro atoms. The summed E-state index contributed by atoms with van der Waals surface area (Å²) in [6.45, 7) is 1.30. The molecule has 1 aliphatic rings. The van der Waals surface area contributed by atoms with Gasteiger partial charge in [0.1, 0.15) is 29.9 Å². The minimum Gasteiger partial charge on any atom is -0.384 e. The van der Waals surface area contributed by atoms with E-state index in [9.17, 15) is 8.78 Å². The highest BCUT2D eigenvalue weighted by molar-refractivity contribution is 5.26. The summed E-state index contributed by atoms with van der Waals surface area (Å²) in [6, 6.07) is 3.57. The number of aromatic nitrogens is 3. The molecule has 5 nitrogen and oxygen atoms in total. The molecule has 2 aromatic rings. The highest BCUT2D eigenvalue weighted by atomic mass is 19.1. The van der Waals surface area contributed by atoms with Gasteiger partial charge in [-0.05, 0) is 12.5 Å². The molecule has 0 radical (unpaired) electrons. The molecule has 1 aromatic heterocycles. The Bertz CT molecular complexity index is 636. The summed E-state index contributed by atoms with van der Waals surface area (Å²) in [5.74, 6) is -1.07. The Morgan fingerprint density at radius 3 is 3.00 bits per heavy atom. The average molecular weight is 309 g/mol. The second-order valence-electron chi connectivity index (χ2n) is 5.55. The number of rotatable bonds is 5. The van der Waals surface area contributed by atoms with Gasteiger partial charge >= 0.3 is 0 Å². The van der Waals surface area contributed by atoms with Crippen molar-refractivity contribution < 1.29 is 18.3 Å². The zero-order valence-corrected chi connectivity index (χ0v) is 12.2. The molecule has 1 fully saturated rings. The number of nitrogens with zero attached hydrogens (tertiary/aromatic N) is 3. The molecule has 0 unspecified atom stereocenters. The van der Waals surface area contributed by atoms with Crippen molar-refractivity contribution in [1.82, 2.24) is 14.8 Å². The predicted molar refractivity (Wildman–Crippen MR) is 74.0 cm³/mol. The fourth-order valence-electron chi connectivity index (χ4n) is 3.02. The Labute approximate surface area is 126 Å². The standard InChI is InChI=1S/C15H17F2N3O2/c1-21-6-11-5-15(22-7-11,8-20-10-18-9-19-20)13-3-2-12(16)4-14(13)17/h2-4,9-11H,5-8H2,1H3/t11-,15+/m1/s1. The molecule has 7 heteroatoms. The predicted octanol–water partition coefficient (Wildman–Crippen LogP) is 2.13. The van der Waals surface area contributed by atoms with E-state index in [-0.39, 0.29) is 5.92 Å². The number of halogens is 2. The molecule has 0 bridgehead atoms. The number of hydrogen-bond donors (Lipinski definition) is 0. The summed E-state index contributed by atoms with van der Waals surface area (Å²) in [4.78, 5) is 3.90. The second-order valence-corrected chi connectivity index (χ2v) is 5.55. The maximum Gasteiger partial charge on any atom is 0.137 e. The van der Waals surface area contributed by atoms with Crippen LogP contribution in [0.5, 0.6) is 0 Å². The van der Waals surface area contributed by atoms with Crippen molar-refractivity contribution in [3.63, 3.8) is 0 Å². The van der Waals surface area contributed by atoms with Gasteiger partial charge in [-0.15, -0.1) is 0 Å². The van der Waals surface area contributed by atoms with Crippen molar-refractivity contribution in [2.24, 2.45) is 5.92 Å². The summed E-state index contributed by atoms with van der Waals surface area (Å²) < 4.78 is 40.2. The number of benzene rings is 1. The van der Waals surface area contributed by atoms with Crippen molar-refractivity contribution in [3.8, 4) is 0 Å². The Kier molecular flexibility index (Phi) is 4.17. The molecule has 1 aliphatic heterocycles. The fraction of sp³-hybridized carbons (Fsp3) is 0.467. The quantitative estimate of drug-likeness (QED) is 0.849. The third-order valence-corrected chi connectivity index (χ3v) is 3.92.